The molecule has 0 bridgehead atoms. The summed E-state index contributed by atoms with van der Waals surface area (Å²) < 4.78 is 43.6. The number of hydrogen-bond acceptors (Lipinski definition) is 3. The highest BCUT2D eigenvalue weighted by Gasteiger charge is 2.68. The van der Waals surface area contributed by atoms with E-state index in [4.69, 9.17) is 0 Å². The van der Waals surface area contributed by atoms with Gasteiger partial charge in [0, 0.05) is 7.05 Å². The van der Waals surface area contributed by atoms with E-state index in [-0.39, 0.29) is 12.1 Å². The standard InChI is InChI=1S/C19H15F3N4O2/c1-25-14-10-6-5-9-13(14)23-15(25)11-26-16(27)18(19(20,21)22,24-17(26)28)12-7-3-2-4-8-12/h2-10H,11H2,1H3,(H,24,28). The molecule has 0 saturated carbocycles. The molecule has 6 nitrogen and oxygen atoms in total. The number of carbonyl (C=O) groups excluding carboxylic acids is 2. The molecule has 3 aromatic rings. The number of imide groups is 1. The first-order chi connectivity index (χ1) is 13.3. The third-order valence-electron chi connectivity index (χ3n) is 4.92. The second kappa shape index (κ2) is 6.08. The number of para-hydroxylation sites is 2. The highest BCUT2D eigenvalue weighted by atomic mass is 19.4. The molecule has 9 heteroatoms. The smallest absolute Gasteiger partial charge is 0.330 e. The summed E-state index contributed by atoms with van der Waals surface area (Å²) in [5, 5.41) is 1.87. The van der Waals surface area contributed by atoms with Crippen LogP contribution in [0.1, 0.15) is 11.4 Å². The zero-order valence-corrected chi connectivity index (χ0v) is 14.7. The van der Waals surface area contributed by atoms with Crippen LogP contribution in [-0.2, 0) is 23.9 Å². The van der Waals surface area contributed by atoms with Crippen molar-refractivity contribution in [3.8, 4) is 0 Å². The Morgan fingerprint density at radius 3 is 2.32 bits per heavy atom. The Morgan fingerprint density at radius 2 is 1.68 bits per heavy atom. The minimum absolute atomic E-state index is 0.302. The van der Waals surface area contributed by atoms with Crippen molar-refractivity contribution in [1.29, 1.82) is 0 Å². The number of hydrogen-bond donors (Lipinski definition) is 1. The highest BCUT2D eigenvalue weighted by molar-refractivity contribution is 6.08. The van der Waals surface area contributed by atoms with E-state index < -0.39 is 23.7 Å². The second-order valence-electron chi connectivity index (χ2n) is 6.51. The second-order valence-corrected chi connectivity index (χ2v) is 6.51. The first kappa shape index (κ1) is 18.0. The number of rotatable bonds is 3. The lowest BCUT2D eigenvalue weighted by Gasteiger charge is -2.29. The summed E-state index contributed by atoms with van der Waals surface area (Å²) in [6, 6.07) is 12.6. The molecule has 1 aromatic heterocycles. The van der Waals surface area contributed by atoms with Crippen molar-refractivity contribution in [3.63, 3.8) is 0 Å². The minimum Gasteiger partial charge on any atom is -0.330 e. The third kappa shape index (κ3) is 2.46. The Morgan fingerprint density at radius 1 is 1.04 bits per heavy atom. The Labute approximate surface area is 157 Å². The molecule has 1 aliphatic heterocycles. The van der Waals surface area contributed by atoms with Gasteiger partial charge in [0.15, 0.2) is 0 Å². The maximum Gasteiger partial charge on any atom is 0.425 e. The Hall–Kier alpha value is -3.36. The fourth-order valence-electron chi connectivity index (χ4n) is 3.44. The third-order valence-corrected chi connectivity index (χ3v) is 4.92. The molecular formula is C19H15F3N4O2. The van der Waals surface area contributed by atoms with Gasteiger partial charge in [-0.3, -0.25) is 9.69 Å². The number of fused-ring (bicyclic) bond motifs is 1. The van der Waals surface area contributed by atoms with Gasteiger partial charge in [0.2, 0.25) is 5.54 Å². The van der Waals surface area contributed by atoms with E-state index in [1.807, 2.05) is 5.32 Å². The van der Waals surface area contributed by atoms with Gasteiger partial charge >= 0.3 is 12.2 Å². The summed E-state index contributed by atoms with van der Waals surface area (Å²) >= 11 is 0. The maximum absolute atomic E-state index is 14.0. The largest absolute Gasteiger partial charge is 0.425 e. The molecule has 2 aromatic carbocycles. The van der Waals surface area contributed by atoms with E-state index in [2.05, 4.69) is 4.98 Å². The average Bonchev–Trinajstić information content (AvgIpc) is 3.12. The van der Waals surface area contributed by atoms with Crippen molar-refractivity contribution in [2.75, 3.05) is 0 Å². The number of imidazole rings is 1. The number of urea groups is 1. The molecule has 144 valence electrons. The van der Waals surface area contributed by atoms with Gasteiger partial charge in [0.1, 0.15) is 5.82 Å². The lowest BCUT2D eigenvalue weighted by Crippen LogP contribution is -2.55. The number of benzene rings is 2. The van der Waals surface area contributed by atoms with Crippen molar-refractivity contribution < 1.29 is 22.8 Å². The van der Waals surface area contributed by atoms with Gasteiger partial charge < -0.3 is 9.88 Å². The van der Waals surface area contributed by atoms with Crippen molar-refractivity contribution in [2.24, 2.45) is 7.05 Å². The molecular weight excluding hydrogens is 373 g/mol. The van der Waals surface area contributed by atoms with E-state index in [1.165, 1.54) is 30.3 Å². The number of aromatic nitrogens is 2. The SMILES string of the molecule is Cn1c(CN2C(=O)NC(c3ccccc3)(C(F)(F)F)C2=O)nc2ccccc21. The number of halogens is 3. The number of amides is 3. The fourth-order valence-corrected chi connectivity index (χ4v) is 3.44. The lowest BCUT2D eigenvalue weighted by atomic mass is 9.89. The van der Waals surface area contributed by atoms with Gasteiger partial charge in [-0.1, -0.05) is 42.5 Å². The van der Waals surface area contributed by atoms with E-state index in [1.54, 1.807) is 35.9 Å². The molecule has 1 N–H and O–H groups in total. The minimum atomic E-state index is -5.01. The van der Waals surface area contributed by atoms with Gasteiger partial charge in [-0.15, -0.1) is 0 Å². The van der Waals surface area contributed by atoms with Crippen LogP contribution in [-0.4, -0.2) is 32.6 Å². The predicted octanol–water partition coefficient (Wildman–Crippen LogP) is 3.08. The molecule has 0 aliphatic carbocycles. The summed E-state index contributed by atoms with van der Waals surface area (Å²) in [5.41, 5.74) is -2.09. The topological polar surface area (TPSA) is 67.2 Å². The van der Waals surface area contributed by atoms with E-state index in [9.17, 15) is 22.8 Å². The summed E-state index contributed by atoms with van der Waals surface area (Å²) in [7, 11) is 1.68. The molecule has 4 rings (SSSR count). The zero-order chi connectivity index (χ0) is 20.1. The summed E-state index contributed by atoms with van der Waals surface area (Å²) in [4.78, 5) is 30.2. The van der Waals surface area contributed by atoms with Crippen molar-refractivity contribution in [3.05, 3.63) is 66.0 Å². The molecule has 2 heterocycles. The molecule has 3 amide bonds. The summed E-state index contributed by atoms with van der Waals surface area (Å²) in [5.74, 6) is -1.07. The number of aryl methyl sites for hydroxylation is 1. The number of alkyl halides is 3. The van der Waals surface area contributed by atoms with Crippen LogP contribution in [0.4, 0.5) is 18.0 Å². The van der Waals surface area contributed by atoms with Crippen molar-refractivity contribution in [1.82, 2.24) is 19.8 Å². The molecule has 0 radical (unpaired) electrons. The normalized spacial score (nSPS) is 20.1. The van der Waals surface area contributed by atoms with E-state index in [0.29, 0.717) is 16.2 Å². The van der Waals surface area contributed by atoms with Gasteiger partial charge in [-0.2, -0.15) is 13.2 Å². The molecule has 0 spiro atoms. The van der Waals surface area contributed by atoms with Crippen LogP contribution >= 0.6 is 0 Å². The highest BCUT2D eigenvalue weighted by Crippen LogP contribution is 2.43. The molecule has 28 heavy (non-hydrogen) atoms. The molecule has 1 saturated heterocycles. The zero-order valence-electron chi connectivity index (χ0n) is 14.7. The van der Waals surface area contributed by atoms with E-state index >= 15 is 0 Å². The summed E-state index contributed by atoms with van der Waals surface area (Å²) in [6.45, 7) is -0.374. The Balaban J connectivity index is 1.76. The van der Waals surface area contributed by atoms with E-state index in [0.717, 1.165) is 5.52 Å². The lowest BCUT2D eigenvalue weighted by molar-refractivity contribution is -0.198. The van der Waals surface area contributed by atoms with Gasteiger partial charge in [0.25, 0.3) is 5.91 Å². The quantitative estimate of drug-likeness (QED) is 0.702. The van der Waals surface area contributed by atoms with Crippen LogP contribution in [0.25, 0.3) is 11.0 Å². The van der Waals surface area contributed by atoms with Crippen LogP contribution in [0.5, 0.6) is 0 Å². The molecule has 1 atom stereocenters. The monoisotopic (exact) mass is 388 g/mol. The summed E-state index contributed by atoms with van der Waals surface area (Å²) in [6.07, 6.45) is -5.01. The van der Waals surface area contributed by atoms with Crippen LogP contribution in [0.2, 0.25) is 0 Å². The van der Waals surface area contributed by atoms with Crippen molar-refractivity contribution >= 4 is 23.0 Å². The Kier molecular flexibility index (Phi) is 3.91. The number of nitrogens with zero attached hydrogens (tertiary/aromatic N) is 3. The first-order valence-electron chi connectivity index (χ1n) is 8.42. The predicted molar refractivity (Wildman–Crippen MR) is 94.0 cm³/mol. The van der Waals surface area contributed by atoms with Crippen LogP contribution in [0.15, 0.2) is 54.6 Å². The van der Waals surface area contributed by atoms with Crippen LogP contribution in [0.3, 0.4) is 0 Å². The van der Waals surface area contributed by atoms with Gasteiger partial charge in [-0.05, 0) is 17.7 Å². The molecule has 1 aliphatic rings. The van der Waals surface area contributed by atoms with Crippen LogP contribution in [0, 0.1) is 0 Å². The van der Waals surface area contributed by atoms with Crippen molar-refractivity contribution in [2.45, 2.75) is 18.3 Å². The number of carbonyl (C=O) groups is 2. The molecule has 1 unspecified atom stereocenters. The van der Waals surface area contributed by atoms with Crippen LogP contribution < -0.4 is 5.32 Å². The van der Waals surface area contributed by atoms with Gasteiger partial charge in [0.05, 0.1) is 17.6 Å². The fraction of sp³-hybridized carbons (Fsp3) is 0.211. The first-order valence-corrected chi connectivity index (χ1v) is 8.42. The van der Waals surface area contributed by atoms with Gasteiger partial charge in [-0.25, -0.2) is 9.78 Å². The Bertz CT molecular complexity index is 1080. The molecule has 1 fully saturated rings. The number of nitrogens with one attached hydrogen (secondary N) is 1. The average molecular weight is 388 g/mol. The maximum atomic E-state index is 14.0.